The van der Waals surface area contributed by atoms with Gasteiger partial charge in [-0.15, -0.1) is 11.3 Å². The predicted molar refractivity (Wildman–Crippen MR) is 149 cm³/mol. The molecule has 0 spiro atoms. The third-order valence-electron chi connectivity index (χ3n) is 5.85. The van der Waals surface area contributed by atoms with E-state index < -0.39 is 5.91 Å². The van der Waals surface area contributed by atoms with Gasteiger partial charge in [-0.2, -0.15) is 10.5 Å². The van der Waals surface area contributed by atoms with Gasteiger partial charge in [0.05, 0.1) is 12.2 Å². The zero-order valence-electron chi connectivity index (χ0n) is 20.1. The minimum absolute atomic E-state index is 0.0896. The zero-order valence-corrected chi connectivity index (χ0v) is 23.2. The van der Waals surface area contributed by atoms with Gasteiger partial charge in [-0.05, 0) is 79.6 Å². The van der Waals surface area contributed by atoms with Crippen molar-refractivity contribution in [3.05, 3.63) is 78.6 Å². The molecule has 3 aromatic rings. The number of carbonyl (C=O) groups is 1. The predicted octanol–water partition coefficient (Wildman–Crippen LogP) is 7.44. The molecule has 188 valence electrons. The molecule has 9 heteroatoms. The average molecular weight is 597 g/mol. The van der Waals surface area contributed by atoms with Crippen LogP contribution in [-0.2, 0) is 24.2 Å². The van der Waals surface area contributed by atoms with Crippen molar-refractivity contribution in [1.29, 1.82) is 10.5 Å². The first kappa shape index (κ1) is 26.8. The van der Waals surface area contributed by atoms with E-state index in [1.807, 2.05) is 25.1 Å². The molecule has 1 heterocycles. The van der Waals surface area contributed by atoms with Crippen molar-refractivity contribution in [2.24, 2.45) is 0 Å². The Morgan fingerprint density at radius 1 is 1.16 bits per heavy atom. The third kappa shape index (κ3) is 6.34. The molecule has 4 rings (SSSR count). The highest BCUT2D eigenvalue weighted by atomic mass is 79.9. The highest BCUT2D eigenvalue weighted by Gasteiger charge is 2.23. The van der Waals surface area contributed by atoms with Crippen molar-refractivity contribution in [1.82, 2.24) is 0 Å². The number of aryl methyl sites for hydroxylation is 1. The Morgan fingerprint density at radius 3 is 2.59 bits per heavy atom. The van der Waals surface area contributed by atoms with E-state index >= 15 is 0 Å². The average Bonchev–Trinajstić information content (AvgIpc) is 3.25. The summed E-state index contributed by atoms with van der Waals surface area (Å²) in [6.45, 7) is 2.59. The normalized spacial score (nSPS) is 12.7. The van der Waals surface area contributed by atoms with Crippen molar-refractivity contribution in [3.8, 4) is 23.6 Å². The number of anilines is 1. The Bertz CT molecular complexity index is 1430. The van der Waals surface area contributed by atoms with Gasteiger partial charge in [-0.25, -0.2) is 0 Å². The topological polar surface area (TPSA) is 95.1 Å². The number of benzene rings is 2. The van der Waals surface area contributed by atoms with Gasteiger partial charge in [0.1, 0.15) is 29.3 Å². The third-order valence-corrected chi connectivity index (χ3v) is 7.99. The number of carbonyl (C=O) groups excluding carboxylic acids is 1. The van der Waals surface area contributed by atoms with Crippen LogP contribution in [-0.4, -0.2) is 12.5 Å². The Morgan fingerprint density at radius 2 is 1.89 bits per heavy atom. The number of hydrogen-bond donors (Lipinski definition) is 1. The number of nitriles is 2. The highest BCUT2D eigenvalue weighted by molar-refractivity contribution is 9.10. The summed E-state index contributed by atoms with van der Waals surface area (Å²) in [4.78, 5) is 14.2. The van der Waals surface area contributed by atoms with Crippen LogP contribution in [0.1, 0.15) is 46.9 Å². The molecular weight excluding hydrogens is 574 g/mol. The van der Waals surface area contributed by atoms with Crippen LogP contribution in [0.3, 0.4) is 0 Å². The van der Waals surface area contributed by atoms with Gasteiger partial charge in [0, 0.05) is 14.4 Å². The van der Waals surface area contributed by atoms with Crippen molar-refractivity contribution in [3.63, 3.8) is 0 Å². The van der Waals surface area contributed by atoms with Gasteiger partial charge in [0.25, 0.3) is 5.91 Å². The van der Waals surface area contributed by atoms with E-state index in [9.17, 15) is 15.3 Å². The number of rotatable bonds is 8. The van der Waals surface area contributed by atoms with Crippen molar-refractivity contribution in [2.75, 3.05) is 11.9 Å². The molecule has 0 atom stereocenters. The molecule has 6 nitrogen and oxygen atoms in total. The van der Waals surface area contributed by atoms with Crippen LogP contribution in [0.4, 0.5) is 5.00 Å². The largest absolute Gasteiger partial charge is 0.490 e. The Balaban J connectivity index is 1.57. The van der Waals surface area contributed by atoms with Gasteiger partial charge in [0.15, 0.2) is 11.5 Å². The fourth-order valence-corrected chi connectivity index (χ4v) is 5.83. The molecule has 1 aliphatic carbocycles. The maximum absolute atomic E-state index is 13.0. The number of halogens is 2. The van der Waals surface area contributed by atoms with E-state index in [0.29, 0.717) is 50.3 Å². The van der Waals surface area contributed by atoms with Crippen LogP contribution >= 0.6 is 38.9 Å². The standard InChI is InChI=1S/C28H23BrClN3O3S/c1-2-35-24-12-18(23(29)13-25(24)36-16-17-7-9-20(30)10-8-17)11-19(14-31)27(34)33-28-22(15-32)21-5-3-4-6-26(21)37-28/h7-13H,2-6,16H2,1H3,(H,33,34)/b19-11+. The molecule has 0 fully saturated rings. The Labute approximate surface area is 233 Å². The first-order valence-electron chi connectivity index (χ1n) is 11.7. The monoisotopic (exact) mass is 595 g/mol. The summed E-state index contributed by atoms with van der Waals surface area (Å²) in [5, 5.41) is 23.4. The molecule has 0 bridgehead atoms. The molecule has 1 aliphatic rings. The van der Waals surface area contributed by atoms with E-state index in [-0.39, 0.29) is 5.57 Å². The summed E-state index contributed by atoms with van der Waals surface area (Å²) in [6.07, 6.45) is 5.34. The lowest BCUT2D eigenvalue weighted by Gasteiger charge is -2.14. The second kappa shape index (κ2) is 12.3. The zero-order chi connectivity index (χ0) is 26.4. The lowest BCUT2D eigenvalue weighted by molar-refractivity contribution is -0.112. The number of fused-ring (bicyclic) bond motifs is 1. The minimum atomic E-state index is -0.564. The number of ether oxygens (including phenoxy) is 2. The van der Waals surface area contributed by atoms with Gasteiger partial charge in [0.2, 0.25) is 0 Å². The second-order valence-corrected chi connectivity index (χ2v) is 10.7. The molecule has 0 aliphatic heterocycles. The minimum Gasteiger partial charge on any atom is -0.490 e. The Hall–Kier alpha value is -3.30. The lowest BCUT2D eigenvalue weighted by Crippen LogP contribution is -2.13. The van der Waals surface area contributed by atoms with E-state index in [1.165, 1.54) is 17.4 Å². The summed E-state index contributed by atoms with van der Waals surface area (Å²) in [5.41, 5.74) is 2.97. The fraction of sp³-hybridized carbons (Fsp3) is 0.250. The molecule has 1 amide bonds. The van der Waals surface area contributed by atoms with Gasteiger partial charge in [-0.1, -0.05) is 39.7 Å². The molecule has 0 saturated carbocycles. The van der Waals surface area contributed by atoms with Crippen LogP contribution in [0.25, 0.3) is 6.08 Å². The summed E-state index contributed by atoms with van der Waals surface area (Å²) < 4.78 is 12.4. The van der Waals surface area contributed by atoms with Gasteiger partial charge in [-0.3, -0.25) is 4.79 Å². The smallest absolute Gasteiger partial charge is 0.266 e. The van der Waals surface area contributed by atoms with Crippen LogP contribution < -0.4 is 14.8 Å². The van der Waals surface area contributed by atoms with Crippen LogP contribution in [0, 0.1) is 22.7 Å². The summed E-state index contributed by atoms with van der Waals surface area (Å²) in [6, 6.07) is 15.0. The molecule has 1 N–H and O–H groups in total. The molecule has 0 radical (unpaired) electrons. The summed E-state index contributed by atoms with van der Waals surface area (Å²) in [5.74, 6) is 0.443. The van der Waals surface area contributed by atoms with Gasteiger partial charge < -0.3 is 14.8 Å². The van der Waals surface area contributed by atoms with E-state index in [4.69, 9.17) is 21.1 Å². The summed E-state index contributed by atoms with van der Waals surface area (Å²) >= 11 is 10.9. The van der Waals surface area contributed by atoms with Gasteiger partial charge >= 0.3 is 0 Å². The first-order valence-corrected chi connectivity index (χ1v) is 13.7. The summed E-state index contributed by atoms with van der Waals surface area (Å²) in [7, 11) is 0. The number of nitrogens with one attached hydrogen (secondary N) is 1. The number of amides is 1. The van der Waals surface area contributed by atoms with Crippen molar-refractivity contribution >= 4 is 55.9 Å². The van der Waals surface area contributed by atoms with E-state index in [2.05, 4.69) is 27.3 Å². The van der Waals surface area contributed by atoms with E-state index in [0.717, 1.165) is 41.7 Å². The number of nitrogens with zero attached hydrogens (tertiary/aromatic N) is 2. The quantitative estimate of drug-likeness (QED) is 0.215. The Kier molecular flexibility index (Phi) is 8.89. The lowest BCUT2D eigenvalue weighted by atomic mass is 9.96. The van der Waals surface area contributed by atoms with E-state index in [1.54, 1.807) is 24.3 Å². The molecule has 0 saturated heterocycles. The highest BCUT2D eigenvalue weighted by Crippen LogP contribution is 2.38. The molecule has 37 heavy (non-hydrogen) atoms. The van der Waals surface area contributed by atoms with Crippen LogP contribution in [0.5, 0.6) is 11.5 Å². The van der Waals surface area contributed by atoms with Crippen LogP contribution in [0.2, 0.25) is 5.02 Å². The number of hydrogen-bond acceptors (Lipinski definition) is 6. The SMILES string of the molecule is CCOc1cc(/C=C(\C#N)C(=O)Nc2sc3c(c2C#N)CCCC3)c(Br)cc1OCc1ccc(Cl)cc1. The van der Waals surface area contributed by atoms with Crippen molar-refractivity contribution < 1.29 is 14.3 Å². The maximum Gasteiger partial charge on any atom is 0.266 e. The van der Waals surface area contributed by atoms with Crippen LogP contribution in [0.15, 0.2) is 46.4 Å². The number of thiophene rings is 1. The maximum atomic E-state index is 13.0. The molecule has 1 aromatic heterocycles. The molecule has 0 unspecified atom stereocenters. The molecular formula is C28H23BrClN3O3S. The molecule has 2 aromatic carbocycles. The fourth-order valence-electron chi connectivity index (χ4n) is 4.03. The second-order valence-electron chi connectivity index (χ2n) is 8.32. The first-order chi connectivity index (χ1) is 17.9. The van der Waals surface area contributed by atoms with Crippen molar-refractivity contribution in [2.45, 2.75) is 39.2 Å².